The Morgan fingerprint density at radius 3 is 1.61 bits per heavy atom. The minimum absolute atomic E-state index is 0.522. The normalized spacial score (nSPS) is 15.1. The molecule has 2 unspecified atom stereocenters. The number of hydrogen-bond donors (Lipinski definition) is 0. The minimum Gasteiger partial charge on any atom is -0.590 e. The third kappa shape index (κ3) is 11.7. The van der Waals surface area contributed by atoms with Crippen LogP contribution in [0.3, 0.4) is 0 Å². The Labute approximate surface area is 177 Å². The summed E-state index contributed by atoms with van der Waals surface area (Å²) in [5.74, 6) is 0. The zero-order valence-corrected chi connectivity index (χ0v) is 20.6. The molecule has 0 aromatic carbocycles. The molecule has 0 aromatic rings. The summed E-state index contributed by atoms with van der Waals surface area (Å²) in [6.45, 7) is 4.32. The lowest BCUT2D eigenvalue weighted by Gasteiger charge is -2.39. The predicted octanol–water partition coefficient (Wildman–Crippen LogP) is 7.33. The van der Waals surface area contributed by atoms with Gasteiger partial charge in [0.05, 0.1) is 21.1 Å². The van der Waals surface area contributed by atoms with Gasteiger partial charge in [0.1, 0.15) is 0 Å². The fourth-order valence-corrected chi connectivity index (χ4v) is 5.35. The van der Waals surface area contributed by atoms with E-state index >= 15 is 0 Å². The number of allylic oxidation sites excluding steroid dienone is 2. The maximum atomic E-state index is 12.1. The minimum atomic E-state index is -2.42. The number of quaternary nitrogens is 1. The lowest BCUT2D eigenvalue weighted by molar-refractivity contribution is -0.910. The van der Waals surface area contributed by atoms with E-state index in [1.165, 1.54) is 77.0 Å². The largest absolute Gasteiger partial charge is 0.590 e. The highest BCUT2D eigenvalue weighted by atomic mass is 31.1. The van der Waals surface area contributed by atoms with Crippen LogP contribution >= 0.6 is 8.03 Å². The van der Waals surface area contributed by atoms with Crippen molar-refractivity contribution in [3.05, 3.63) is 12.2 Å². The van der Waals surface area contributed by atoms with E-state index in [0.717, 1.165) is 25.7 Å². The van der Waals surface area contributed by atoms with Crippen LogP contribution in [0.25, 0.3) is 0 Å². The molecule has 0 amide bonds. The number of rotatable bonds is 19. The first-order valence-electron chi connectivity index (χ1n) is 11.9. The van der Waals surface area contributed by atoms with Crippen molar-refractivity contribution >= 4 is 8.03 Å². The molecule has 28 heavy (non-hydrogen) atoms. The van der Waals surface area contributed by atoms with E-state index in [0.29, 0.717) is 4.48 Å². The molecule has 0 aromatic heterocycles. The summed E-state index contributed by atoms with van der Waals surface area (Å²) in [6, 6.07) is 0. The molecule has 0 N–H and O–H groups in total. The standard InChI is InChI=1S/C24H49NO2P/c1-6-8-9-10-11-12-13-14-15-16-17-18-19-20-21-23-24(22-7-2,28(26)27)25(3,4)5/h9-10H,6-8,11-23H2,1-5H3/q+1/b10-9-. The molecule has 0 aliphatic rings. The van der Waals surface area contributed by atoms with E-state index < -0.39 is 13.3 Å². The molecule has 0 saturated carbocycles. The topological polar surface area (TPSA) is 40.1 Å². The summed E-state index contributed by atoms with van der Waals surface area (Å²) < 4.78 is 12.6. The van der Waals surface area contributed by atoms with Crippen LogP contribution in [0.5, 0.6) is 0 Å². The number of hydrogen-bond acceptors (Lipinski definition) is 2. The van der Waals surface area contributed by atoms with Gasteiger partial charge in [0, 0.05) is 12.8 Å². The summed E-state index contributed by atoms with van der Waals surface area (Å²) in [5.41, 5.74) is 0. The van der Waals surface area contributed by atoms with Gasteiger partial charge in [-0.3, -0.25) is 4.48 Å². The van der Waals surface area contributed by atoms with Gasteiger partial charge in [0.2, 0.25) is 0 Å². The van der Waals surface area contributed by atoms with Crippen molar-refractivity contribution in [1.82, 2.24) is 0 Å². The number of nitrogens with zero attached hydrogens (tertiary/aromatic N) is 1. The predicted molar refractivity (Wildman–Crippen MR) is 123 cm³/mol. The van der Waals surface area contributed by atoms with Crippen LogP contribution in [-0.4, -0.2) is 30.9 Å². The maximum absolute atomic E-state index is 12.1. The zero-order valence-electron chi connectivity index (χ0n) is 19.7. The molecular weight excluding hydrogens is 365 g/mol. The second-order valence-electron chi connectivity index (χ2n) is 9.34. The second-order valence-corrected chi connectivity index (χ2v) is 10.7. The fraction of sp³-hybridized carbons (Fsp3) is 0.917. The van der Waals surface area contributed by atoms with Crippen LogP contribution in [0.4, 0.5) is 0 Å². The van der Waals surface area contributed by atoms with Crippen molar-refractivity contribution in [3.8, 4) is 0 Å². The Morgan fingerprint density at radius 2 is 1.18 bits per heavy atom. The van der Waals surface area contributed by atoms with E-state index in [4.69, 9.17) is 0 Å². The van der Waals surface area contributed by atoms with E-state index in [2.05, 4.69) is 26.0 Å². The van der Waals surface area contributed by atoms with E-state index in [1.54, 1.807) is 0 Å². The molecule has 0 spiro atoms. The average molecular weight is 415 g/mol. The first-order chi connectivity index (χ1) is 13.3. The van der Waals surface area contributed by atoms with E-state index in [1.807, 2.05) is 21.1 Å². The monoisotopic (exact) mass is 414 g/mol. The van der Waals surface area contributed by atoms with Crippen molar-refractivity contribution in [2.45, 2.75) is 122 Å². The summed E-state index contributed by atoms with van der Waals surface area (Å²) in [4.78, 5) is 12.1. The van der Waals surface area contributed by atoms with Gasteiger partial charge >= 0.3 is 8.03 Å². The molecule has 2 atom stereocenters. The van der Waals surface area contributed by atoms with Gasteiger partial charge in [-0.2, -0.15) is 0 Å². The Morgan fingerprint density at radius 1 is 0.714 bits per heavy atom. The van der Waals surface area contributed by atoms with Gasteiger partial charge < -0.3 is 4.89 Å². The smallest absolute Gasteiger partial charge is 0.376 e. The lowest BCUT2D eigenvalue weighted by atomic mass is 9.99. The van der Waals surface area contributed by atoms with Crippen molar-refractivity contribution < 1.29 is 13.9 Å². The average Bonchev–Trinajstić information content (AvgIpc) is 2.62. The highest BCUT2D eigenvalue weighted by Crippen LogP contribution is 2.45. The van der Waals surface area contributed by atoms with Gasteiger partial charge in [-0.1, -0.05) is 88.4 Å². The van der Waals surface area contributed by atoms with Gasteiger partial charge in [-0.15, -0.1) is 0 Å². The highest BCUT2D eigenvalue weighted by molar-refractivity contribution is 7.38. The Balaban J connectivity index is 3.76. The van der Waals surface area contributed by atoms with Gasteiger partial charge in [0.25, 0.3) is 5.28 Å². The van der Waals surface area contributed by atoms with Gasteiger partial charge in [-0.25, -0.2) is 0 Å². The van der Waals surface area contributed by atoms with E-state index in [9.17, 15) is 9.46 Å². The molecule has 0 rings (SSSR count). The van der Waals surface area contributed by atoms with Crippen molar-refractivity contribution in [1.29, 1.82) is 0 Å². The van der Waals surface area contributed by atoms with Gasteiger partial charge in [0.15, 0.2) is 0 Å². The first kappa shape index (κ1) is 27.8. The molecule has 0 saturated heterocycles. The molecule has 0 radical (unpaired) electrons. The molecule has 0 heterocycles. The van der Waals surface area contributed by atoms with Crippen LogP contribution < -0.4 is 4.89 Å². The van der Waals surface area contributed by atoms with Gasteiger partial charge in [-0.05, 0) is 32.1 Å². The molecule has 0 aliphatic carbocycles. The first-order valence-corrected chi connectivity index (χ1v) is 13.1. The van der Waals surface area contributed by atoms with Crippen LogP contribution in [0.1, 0.15) is 117 Å². The summed E-state index contributed by atoms with van der Waals surface area (Å²) in [5, 5.41) is -0.587. The van der Waals surface area contributed by atoms with E-state index in [-0.39, 0.29) is 0 Å². The molecule has 0 fully saturated rings. The molecule has 0 aliphatic heterocycles. The quantitative estimate of drug-likeness (QED) is 0.0960. The molecular formula is C24H49NO2P+. The lowest BCUT2D eigenvalue weighted by Crippen LogP contribution is -2.55. The van der Waals surface area contributed by atoms with Crippen LogP contribution in [0.2, 0.25) is 0 Å². The summed E-state index contributed by atoms with van der Waals surface area (Å²) in [6.07, 6.45) is 23.8. The SMILES string of the molecule is CCC/C=C\CCCCCCCCCCCCC(CCC)([P+](=O)[O-])[N+](C)(C)C. The third-order valence-electron chi connectivity index (χ3n) is 6.06. The maximum Gasteiger partial charge on any atom is 0.376 e. The summed E-state index contributed by atoms with van der Waals surface area (Å²) in [7, 11) is 3.67. The summed E-state index contributed by atoms with van der Waals surface area (Å²) >= 11 is 0. The van der Waals surface area contributed by atoms with Crippen LogP contribution in [0.15, 0.2) is 12.2 Å². The molecule has 166 valence electrons. The van der Waals surface area contributed by atoms with Crippen LogP contribution in [-0.2, 0) is 4.57 Å². The Kier molecular flexibility index (Phi) is 16.4. The molecule has 4 heteroatoms. The third-order valence-corrected chi connectivity index (χ3v) is 7.79. The zero-order chi connectivity index (χ0) is 21.3. The molecule has 3 nitrogen and oxygen atoms in total. The van der Waals surface area contributed by atoms with Crippen molar-refractivity contribution in [2.24, 2.45) is 0 Å². The number of unbranched alkanes of at least 4 members (excludes halogenated alkanes) is 11. The highest BCUT2D eigenvalue weighted by Gasteiger charge is 2.53. The Bertz CT molecular complexity index is 417. The molecule has 0 bridgehead atoms. The van der Waals surface area contributed by atoms with Crippen molar-refractivity contribution in [3.63, 3.8) is 0 Å². The van der Waals surface area contributed by atoms with Crippen molar-refractivity contribution in [2.75, 3.05) is 21.1 Å². The van der Waals surface area contributed by atoms with Crippen LogP contribution in [0, 0.1) is 0 Å². The Hall–Kier alpha value is -0.240. The second kappa shape index (κ2) is 16.5. The fourth-order valence-electron chi connectivity index (χ4n) is 4.11.